The molecule has 33 heavy (non-hydrogen) atoms. The molecule has 2 atom stereocenters. The Morgan fingerprint density at radius 1 is 1.30 bits per heavy atom. The fraction of sp³-hybridized carbons (Fsp3) is 0.522. The minimum Gasteiger partial charge on any atom is -0.488 e. The van der Waals surface area contributed by atoms with E-state index in [0.29, 0.717) is 54.2 Å². The molecule has 0 radical (unpaired) electrons. The number of nitrogens with zero attached hydrogens (tertiary/aromatic N) is 4. The van der Waals surface area contributed by atoms with Crippen LogP contribution in [-0.2, 0) is 29.6 Å². The number of nitrogens with one attached hydrogen (secondary N) is 1. The van der Waals surface area contributed by atoms with Crippen molar-refractivity contribution in [2.24, 2.45) is 13.0 Å². The highest BCUT2D eigenvalue weighted by molar-refractivity contribution is 5.70. The predicted molar refractivity (Wildman–Crippen MR) is 120 cm³/mol. The minimum absolute atomic E-state index is 0.0261. The number of aliphatic carboxylic acids is 1. The van der Waals surface area contributed by atoms with E-state index in [9.17, 15) is 14.7 Å². The predicted octanol–water partition coefficient (Wildman–Crippen LogP) is 3.61. The van der Waals surface area contributed by atoms with Crippen molar-refractivity contribution >= 4 is 12.1 Å². The van der Waals surface area contributed by atoms with Crippen molar-refractivity contribution in [3.63, 3.8) is 0 Å². The van der Waals surface area contributed by atoms with Crippen LogP contribution in [0.1, 0.15) is 57.3 Å². The van der Waals surface area contributed by atoms with Crippen molar-refractivity contribution < 1.29 is 24.2 Å². The SMILES string of the molecule is C=C(CC)NC(=O)OCc1c(-c2ccc(O[C@H]3CCC[C@H](C(=O)O)C3)c(CC)n2)nnn1C. The third-order valence-electron chi connectivity index (χ3n) is 5.77. The van der Waals surface area contributed by atoms with Gasteiger partial charge in [0.2, 0.25) is 0 Å². The highest BCUT2D eigenvalue weighted by Gasteiger charge is 2.29. The maximum absolute atomic E-state index is 12.0. The fourth-order valence-electron chi connectivity index (χ4n) is 3.78. The van der Waals surface area contributed by atoms with Gasteiger partial charge in [-0.1, -0.05) is 25.6 Å². The van der Waals surface area contributed by atoms with Crippen LogP contribution in [0.25, 0.3) is 11.4 Å². The summed E-state index contributed by atoms with van der Waals surface area (Å²) < 4.78 is 13.0. The molecule has 10 heteroatoms. The summed E-state index contributed by atoms with van der Waals surface area (Å²) in [7, 11) is 1.72. The molecule has 0 aromatic carbocycles. The monoisotopic (exact) mass is 457 g/mol. The molecule has 0 unspecified atom stereocenters. The van der Waals surface area contributed by atoms with Gasteiger partial charge in [0.05, 0.1) is 23.4 Å². The number of carboxylic acid groups (broad SMARTS) is 1. The zero-order valence-electron chi connectivity index (χ0n) is 19.3. The smallest absolute Gasteiger partial charge is 0.411 e. The van der Waals surface area contributed by atoms with Crippen molar-refractivity contribution in [2.75, 3.05) is 0 Å². The number of aromatic nitrogens is 4. The van der Waals surface area contributed by atoms with Crippen molar-refractivity contribution in [3.05, 3.63) is 35.8 Å². The zero-order valence-corrected chi connectivity index (χ0v) is 19.3. The first-order valence-electron chi connectivity index (χ1n) is 11.2. The molecule has 10 nitrogen and oxygen atoms in total. The Kier molecular flexibility index (Phi) is 8.02. The van der Waals surface area contributed by atoms with Crippen molar-refractivity contribution in [2.45, 2.75) is 65.1 Å². The van der Waals surface area contributed by atoms with Crippen molar-refractivity contribution in [1.29, 1.82) is 0 Å². The second kappa shape index (κ2) is 10.9. The van der Waals surface area contributed by atoms with Crippen LogP contribution >= 0.6 is 0 Å². The van der Waals surface area contributed by atoms with Gasteiger partial charge in [-0.05, 0) is 50.7 Å². The molecule has 1 fully saturated rings. The fourth-order valence-corrected chi connectivity index (χ4v) is 3.78. The van der Waals surface area contributed by atoms with E-state index < -0.39 is 12.1 Å². The minimum atomic E-state index is -0.766. The molecule has 2 aromatic rings. The molecule has 0 bridgehead atoms. The van der Waals surface area contributed by atoms with E-state index in [-0.39, 0.29) is 18.6 Å². The number of hydrogen-bond donors (Lipinski definition) is 2. The van der Waals surface area contributed by atoms with Crippen LogP contribution in [-0.4, -0.2) is 43.3 Å². The van der Waals surface area contributed by atoms with Gasteiger partial charge in [-0.15, -0.1) is 5.10 Å². The quantitative estimate of drug-likeness (QED) is 0.584. The molecular formula is C23H31N5O5. The van der Waals surface area contributed by atoms with Gasteiger partial charge < -0.3 is 14.6 Å². The number of aryl methyl sites for hydroxylation is 2. The molecule has 0 aliphatic heterocycles. The summed E-state index contributed by atoms with van der Waals surface area (Å²) >= 11 is 0. The summed E-state index contributed by atoms with van der Waals surface area (Å²) in [5.74, 6) is -0.482. The zero-order chi connectivity index (χ0) is 24.0. The van der Waals surface area contributed by atoms with Gasteiger partial charge in [0.1, 0.15) is 23.7 Å². The van der Waals surface area contributed by atoms with Gasteiger partial charge in [0.25, 0.3) is 0 Å². The number of carbonyl (C=O) groups excluding carboxylic acids is 1. The van der Waals surface area contributed by atoms with Gasteiger partial charge in [-0.2, -0.15) is 0 Å². The van der Waals surface area contributed by atoms with Crippen molar-refractivity contribution in [1.82, 2.24) is 25.3 Å². The number of hydrogen-bond acceptors (Lipinski definition) is 7. The maximum atomic E-state index is 12.0. The van der Waals surface area contributed by atoms with Gasteiger partial charge >= 0.3 is 12.1 Å². The van der Waals surface area contributed by atoms with Gasteiger partial charge in [-0.3, -0.25) is 10.1 Å². The number of pyridine rings is 1. The second-order valence-electron chi connectivity index (χ2n) is 8.10. The number of allylic oxidation sites excluding steroid dienone is 1. The normalized spacial score (nSPS) is 17.9. The lowest BCUT2D eigenvalue weighted by Crippen LogP contribution is -2.29. The van der Waals surface area contributed by atoms with Crippen LogP contribution in [0, 0.1) is 5.92 Å². The highest BCUT2D eigenvalue weighted by atomic mass is 16.5. The lowest BCUT2D eigenvalue weighted by molar-refractivity contribution is -0.143. The van der Waals surface area contributed by atoms with Crippen LogP contribution in [0.3, 0.4) is 0 Å². The Labute approximate surface area is 193 Å². The first kappa shape index (κ1) is 24.2. The largest absolute Gasteiger partial charge is 0.488 e. The average Bonchev–Trinajstić information content (AvgIpc) is 3.18. The molecule has 0 spiro atoms. The number of alkyl carbamates (subject to hydrolysis) is 1. The lowest BCUT2D eigenvalue weighted by Gasteiger charge is -2.28. The summed E-state index contributed by atoms with van der Waals surface area (Å²) in [6.45, 7) is 7.57. The molecule has 2 aromatic heterocycles. The summed E-state index contributed by atoms with van der Waals surface area (Å²) in [5.41, 5.74) is 3.04. The topological polar surface area (TPSA) is 128 Å². The van der Waals surface area contributed by atoms with E-state index in [1.54, 1.807) is 17.8 Å². The molecule has 2 N–H and O–H groups in total. The number of rotatable bonds is 9. The Hall–Kier alpha value is -3.43. The standard InChI is InChI=1S/C23H31N5O5/c1-5-14(3)24-23(31)32-13-19-21(26-27-28(19)4)18-10-11-20(17(6-2)25-18)33-16-9-7-8-15(12-16)22(29)30/h10-11,15-16H,3,5-9,12-13H2,1-2,4H3,(H,24,31)(H,29,30)/t15-,16-/m0/s1. The number of carboxylic acids is 1. The molecule has 1 aliphatic carbocycles. The molecule has 3 rings (SSSR count). The molecule has 1 saturated carbocycles. The van der Waals surface area contributed by atoms with E-state index in [4.69, 9.17) is 14.5 Å². The van der Waals surface area contributed by atoms with Crippen LogP contribution in [0.15, 0.2) is 24.4 Å². The Balaban J connectivity index is 1.75. The second-order valence-corrected chi connectivity index (χ2v) is 8.10. The van der Waals surface area contributed by atoms with Gasteiger partial charge in [-0.25, -0.2) is 14.5 Å². The highest BCUT2D eigenvalue weighted by Crippen LogP contribution is 2.31. The maximum Gasteiger partial charge on any atom is 0.411 e. The average molecular weight is 458 g/mol. The molecule has 2 heterocycles. The number of amides is 1. The summed E-state index contributed by atoms with van der Waals surface area (Å²) in [4.78, 5) is 28.0. The van der Waals surface area contributed by atoms with Crippen molar-refractivity contribution in [3.8, 4) is 17.1 Å². The molecule has 1 amide bonds. The lowest BCUT2D eigenvalue weighted by atomic mass is 9.87. The summed E-state index contributed by atoms with van der Waals surface area (Å²) in [6, 6.07) is 3.63. The van der Waals surface area contributed by atoms with Crippen LogP contribution in [0.5, 0.6) is 5.75 Å². The van der Waals surface area contributed by atoms with E-state index in [2.05, 4.69) is 22.2 Å². The summed E-state index contributed by atoms with van der Waals surface area (Å²) in [6.07, 6.45) is 3.36. The molecule has 0 saturated heterocycles. The van der Waals surface area contributed by atoms with Gasteiger partial charge in [0.15, 0.2) is 0 Å². The first-order chi connectivity index (χ1) is 15.8. The molecular weight excluding hydrogens is 426 g/mol. The van der Waals surface area contributed by atoms with E-state index in [0.717, 1.165) is 18.5 Å². The summed E-state index contributed by atoms with van der Waals surface area (Å²) in [5, 5.41) is 20.2. The Bertz CT molecular complexity index is 1020. The third kappa shape index (κ3) is 6.09. The van der Waals surface area contributed by atoms with Gasteiger partial charge in [0, 0.05) is 12.7 Å². The van der Waals surface area contributed by atoms with Crippen LogP contribution in [0.2, 0.25) is 0 Å². The molecule has 1 aliphatic rings. The number of ether oxygens (including phenoxy) is 2. The van der Waals surface area contributed by atoms with E-state index in [1.807, 2.05) is 19.9 Å². The Morgan fingerprint density at radius 3 is 2.79 bits per heavy atom. The van der Waals surface area contributed by atoms with E-state index >= 15 is 0 Å². The van der Waals surface area contributed by atoms with Crippen LogP contribution < -0.4 is 10.1 Å². The number of carbonyl (C=O) groups is 2. The third-order valence-corrected chi connectivity index (χ3v) is 5.77. The van der Waals surface area contributed by atoms with E-state index in [1.165, 1.54) is 0 Å². The van der Waals surface area contributed by atoms with Crippen LogP contribution in [0.4, 0.5) is 4.79 Å². The molecule has 178 valence electrons. The first-order valence-corrected chi connectivity index (χ1v) is 11.2. The Morgan fingerprint density at radius 2 is 2.09 bits per heavy atom.